The van der Waals surface area contributed by atoms with Crippen molar-refractivity contribution < 1.29 is 14.6 Å². The lowest BCUT2D eigenvalue weighted by molar-refractivity contribution is 0.0697. The number of aromatic carboxylic acids is 1. The summed E-state index contributed by atoms with van der Waals surface area (Å²) < 4.78 is 7.48. The van der Waals surface area contributed by atoms with Gasteiger partial charge < -0.3 is 9.84 Å². The molecule has 0 aliphatic rings. The molecule has 112 valence electrons. The van der Waals surface area contributed by atoms with E-state index in [0.29, 0.717) is 11.8 Å². The fourth-order valence-corrected chi connectivity index (χ4v) is 2.02. The van der Waals surface area contributed by atoms with Gasteiger partial charge in [-0.25, -0.2) is 4.79 Å². The number of carboxylic acids is 1. The number of halogens is 1. The van der Waals surface area contributed by atoms with E-state index in [1.165, 1.54) is 12.1 Å². The lowest BCUT2D eigenvalue weighted by atomic mass is 10.2. The van der Waals surface area contributed by atoms with Crippen LogP contribution in [-0.4, -0.2) is 20.9 Å². The van der Waals surface area contributed by atoms with Gasteiger partial charge in [-0.05, 0) is 37.6 Å². The molecule has 1 heterocycles. The number of benzene rings is 1. The molecular weight excluding hydrogens is 292 g/mol. The lowest BCUT2D eigenvalue weighted by Crippen LogP contribution is -2.06. The van der Waals surface area contributed by atoms with E-state index >= 15 is 0 Å². The van der Waals surface area contributed by atoms with E-state index in [-0.39, 0.29) is 17.2 Å². The molecular formula is C15H17ClN2O3. The summed E-state index contributed by atoms with van der Waals surface area (Å²) in [6.45, 7) is 4.49. The smallest absolute Gasteiger partial charge is 0.335 e. The lowest BCUT2D eigenvalue weighted by Gasteiger charge is -2.09. The molecule has 2 aromatic rings. The molecule has 5 nitrogen and oxygen atoms in total. The molecule has 0 saturated carbocycles. The molecule has 1 N–H and O–H groups in total. The van der Waals surface area contributed by atoms with Crippen molar-refractivity contribution in [3.8, 4) is 5.75 Å². The molecule has 0 aliphatic heterocycles. The third-order valence-corrected chi connectivity index (χ3v) is 3.56. The summed E-state index contributed by atoms with van der Waals surface area (Å²) in [5, 5.41) is 13.6. The first-order valence-corrected chi connectivity index (χ1v) is 7.08. The minimum absolute atomic E-state index is 0.133. The molecule has 0 bridgehead atoms. The van der Waals surface area contributed by atoms with Gasteiger partial charge in [-0.15, -0.1) is 0 Å². The Morgan fingerprint density at radius 3 is 2.86 bits per heavy atom. The van der Waals surface area contributed by atoms with Crippen LogP contribution in [0, 0.1) is 0 Å². The summed E-state index contributed by atoms with van der Waals surface area (Å²) >= 11 is 6.00. The predicted molar refractivity (Wildman–Crippen MR) is 80.0 cm³/mol. The zero-order chi connectivity index (χ0) is 15.4. The highest BCUT2D eigenvalue weighted by molar-refractivity contribution is 6.32. The highest BCUT2D eigenvalue weighted by atomic mass is 35.5. The van der Waals surface area contributed by atoms with E-state index in [1.807, 2.05) is 16.9 Å². The van der Waals surface area contributed by atoms with Gasteiger partial charge in [0.1, 0.15) is 12.4 Å². The number of rotatable bonds is 6. The van der Waals surface area contributed by atoms with Gasteiger partial charge in [0.05, 0.1) is 16.3 Å². The molecule has 1 unspecified atom stereocenters. The number of hydrogen-bond acceptors (Lipinski definition) is 3. The Hall–Kier alpha value is -2.01. The van der Waals surface area contributed by atoms with Gasteiger partial charge in [0.15, 0.2) is 0 Å². The van der Waals surface area contributed by atoms with E-state index in [9.17, 15) is 4.79 Å². The average Bonchev–Trinajstić information content (AvgIpc) is 2.93. The summed E-state index contributed by atoms with van der Waals surface area (Å²) in [5.74, 6) is -0.574. The summed E-state index contributed by atoms with van der Waals surface area (Å²) in [6, 6.07) is 6.62. The molecule has 0 saturated heterocycles. The van der Waals surface area contributed by atoms with Gasteiger partial charge in [0, 0.05) is 12.2 Å². The van der Waals surface area contributed by atoms with Gasteiger partial charge in [-0.2, -0.15) is 5.10 Å². The van der Waals surface area contributed by atoms with Crippen LogP contribution in [0.1, 0.15) is 42.4 Å². The second-order valence-electron chi connectivity index (χ2n) is 4.78. The zero-order valence-electron chi connectivity index (χ0n) is 11.9. The maximum atomic E-state index is 10.8. The van der Waals surface area contributed by atoms with Crippen molar-refractivity contribution in [1.29, 1.82) is 0 Å². The third kappa shape index (κ3) is 3.76. The zero-order valence-corrected chi connectivity index (χ0v) is 12.7. The van der Waals surface area contributed by atoms with E-state index in [1.54, 1.807) is 6.07 Å². The minimum Gasteiger partial charge on any atom is -0.486 e. The van der Waals surface area contributed by atoms with Gasteiger partial charge in [-0.3, -0.25) is 4.68 Å². The second-order valence-corrected chi connectivity index (χ2v) is 5.19. The van der Waals surface area contributed by atoms with E-state index in [4.69, 9.17) is 21.4 Å². The van der Waals surface area contributed by atoms with Gasteiger partial charge in [0.2, 0.25) is 0 Å². The molecule has 1 atom stereocenters. The van der Waals surface area contributed by atoms with Gasteiger partial charge in [0.25, 0.3) is 0 Å². The normalized spacial score (nSPS) is 12.1. The molecule has 1 aromatic carbocycles. The maximum Gasteiger partial charge on any atom is 0.335 e. The number of carbonyl (C=O) groups is 1. The Morgan fingerprint density at radius 2 is 2.24 bits per heavy atom. The van der Waals surface area contributed by atoms with E-state index in [2.05, 4.69) is 18.9 Å². The monoisotopic (exact) mass is 308 g/mol. The quantitative estimate of drug-likeness (QED) is 0.882. The molecule has 2 rings (SSSR count). The summed E-state index contributed by atoms with van der Waals surface area (Å²) in [5.41, 5.74) is 0.932. The van der Waals surface area contributed by atoms with Crippen molar-refractivity contribution in [2.75, 3.05) is 0 Å². The average molecular weight is 309 g/mol. The standard InChI is InChI=1S/C15H17ClN2O3/c1-3-10(2)18-7-6-12(17-18)9-21-14-5-4-11(15(19)20)8-13(14)16/h4-8,10H,3,9H2,1-2H3,(H,19,20). The van der Waals surface area contributed by atoms with Crippen LogP contribution in [0.4, 0.5) is 0 Å². The predicted octanol–water partition coefficient (Wildman–Crippen LogP) is 3.78. The summed E-state index contributed by atoms with van der Waals surface area (Å²) in [6.07, 6.45) is 2.92. The largest absolute Gasteiger partial charge is 0.486 e. The van der Waals surface area contributed by atoms with Gasteiger partial charge >= 0.3 is 5.97 Å². The molecule has 0 fully saturated rings. The number of ether oxygens (including phenoxy) is 1. The first kappa shape index (κ1) is 15.4. The number of carboxylic acid groups (broad SMARTS) is 1. The maximum absolute atomic E-state index is 10.8. The molecule has 0 radical (unpaired) electrons. The first-order chi connectivity index (χ1) is 10.0. The van der Waals surface area contributed by atoms with E-state index in [0.717, 1.165) is 12.1 Å². The van der Waals surface area contributed by atoms with Crippen molar-refractivity contribution in [3.63, 3.8) is 0 Å². The number of nitrogens with zero attached hydrogens (tertiary/aromatic N) is 2. The van der Waals surface area contributed by atoms with Crippen molar-refractivity contribution in [2.24, 2.45) is 0 Å². The van der Waals surface area contributed by atoms with Gasteiger partial charge in [-0.1, -0.05) is 18.5 Å². The Balaban J connectivity index is 2.03. The highest BCUT2D eigenvalue weighted by Crippen LogP contribution is 2.26. The highest BCUT2D eigenvalue weighted by Gasteiger charge is 2.09. The molecule has 0 amide bonds. The van der Waals surface area contributed by atoms with E-state index < -0.39 is 5.97 Å². The van der Waals surface area contributed by atoms with Crippen LogP contribution < -0.4 is 4.74 Å². The van der Waals surface area contributed by atoms with Crippen LogP contribution in [0.25, 0.3) is 0 Å². The molecule has 0 aliphatic carbocycles. The fraction of sp³-hybridized carbons (Fsp3) is 0.333. The van der Waals surface area contributed by atoms with Crippen molar-refractivity contribution >= 4 is 17.6 Å². The second kappa shape index (κ2) is 6.63. The first-order valence-electron chi connectivity index (χ1n) is 6.71. The Labute approximate surface area is 128 Å². The Bertz CT molecular complexity index is 640. The fourth-order valence-electron chi connectivity index (χ4n) is 1.79. The molecule has 1 aromatic heterocycles. The van der Waals surface area contributed by atoms with Crippen LogP contribution in [0.2, 0.25) is 5.02 Å². The molecule has 6 heteroatoms. The van der Waals surface area contributed by atoms with Crippen LogP contribution in [0.3, 0.4) is 0 Å². The van der Waals surface area contributed by atoms with Crippen molar-refractivity contribution in [1.82, 2.24) is 9.78 Å². The topological polar surface area (TPSA) is 64.3 Å². The molecule has 21 heavy (non-hydrogen) atoms. The summed E-state index contributed by atoms with van der Waals surface area (Å²) in [7, 11) is 0. The number of aromatic nitrogens is 2. The Morgan fingerprint density at radius 1 is 1.48 bits per heavy atom. The summed E-state index contributed by atoms with van der Waals surface area (Å²) in [4.78, 5) is 10.8. The Kier molecular flexibility index (Phi) is 4.85. The molecule has 0 spiro atoms. The minimum atomic E-state index is -1.02. The van der Waals surface area contributed by atoms with Crippen molar-refractivity contribution in [2.45, 2.75) is 32.9 Å². The van der Waals surface area contributed by atoms with Crippen LogP contribution in [0.5, 0.6) is 5.75 Å². The van der Waals surface area contributed by atoms with Crippen LogP contribution in [-0.2, 0) is 6.61 Å². The van der Waals surface area contributed by atoms with Crippen LogP contribution in [0.15, 0.2) is 30.5 Å². The third-order valence-electron chi connectivity index (χ3n) is 3.26. The van der Waals surface area contributed by atoms with Crippen LogP contribution >= 0.6 is 11.6 Å². The number of hydrogen-bond donors (Lipinski definition) is 1. The SMILES string of the molecule is CCC(C)n1ccc(COc2ccc(C(=O)O)cc2Cl)n1. The van der Waals surface area contributed by atoms with Crippen molar-refractivity contribution in [3.05, 3.63) is 46.7 Å².